The Morgan fingerprint density at radius 1 is 0.969 bits per heavy atom. The summed E-state index contributed by atoms with van der Waals surface area (Å²) in [6.07, 6.45) is 1.20. The highest BCUT2D eigenvalue weighted by molar-refractivity contribution is 7.89. The molecule has 1 aliphatic heterocycles. The molecule has 0 aliphatic carbocycles. The van der Waals surface area contributed by atoms with Crippen LogP contribution in [0.5, 0.6) is 0 Å². The molecule has 2 aromatic carbocycles. The summed E-state index contributed by atoms with van der Waals surface area (Å²) in [6.45, 7) is 3.59. The van der Waals surface area contributed by atoms with E-state index in [9.17, 15) is 17.6 Å². The largest absolute Gasteiger partial charge is 0.336 e. The van der Waals surface area contributed by atoms with Crippen molar-refractivity contribution in [2.24, 2.45) is 0 Å². The summed E-state index contributed by atoms with van der Waals surface area (Å²) in [6, 6.07) is 17.6. The highest BCUT2D eigenvalue weighted by Crippen LogP contribution is 2.30. The lowest BCUT2D eigenvalue weighted by molar-refractivity contribution is 0.0629. The molecule has 1 aromatic heterocycles. The molecule has 168 valence electrons. The van der Waals surface area contributed by atoms with Crippen molar-refractivity contribution in [3.05, 3.63) is 82.5 Å². The van der Waals surface area contributed by atoms with Crippen molar-refractivity contribution in [2.45, 2.75) is 12.3 Å². The van der Waals surface area contributed by atoms with Gasteiger partial charge in [0, 0.05) is 59.9 Å². The van der Waals surface area contributed by atoms with Crippen LogP contribution in [-0.4, -0.2) is 56.6 Å². The Morgan fingerprint density at radius 2 is 1.66 bits per heavy atom. The SMILES string of the molecule is CS(=O)(=O)Cc1ccc(C(=O)N2CCN(Cc3ccc(-c4ccccc4F)s3)CC2)cc1. The summed E-state index contributed by atoms with van der Waals surface area (Å²) in [5, 5.41) is 0. The molecule has 2 heterocycles. The van der Waals surface area contributed by atoms with Gasteiger partial charge in [-0.1, -0.05) is 30.3 Å². The normalized spacial score (nSPS) is 15.1. The number of carbonyl (C=O) groups is 1. The van der Waals surface area contributed by atoms with E-state index < -0.39 is 9.84 Å². The molecule has 1 saturated heterocycles. The molecule has 5 nitrogen and oxygen atoms in total. The van der Waals surface area contributed by atoms with Crippen molar-refractivity contribution in [1.82, 2.24) is 9.80 Å². The fourth-order valence-corrected chi connectivity index (χ4v) is 5.70. The molecule has 1 fully saturated rings. The fraction of sp³-hybridized carbons (Fsp3) is 0.292. The van der Waals surface area contributed by atoms with Gasteiger partial charge in [0.15, 0.2) is 9.84 Å². The zero-order valence-electron chi connectivity index (χ0n) is 17.8. The van der Waals surface area contributed by atoms with E-state index in [1.807, 2.05) is 23.1 Å². The molecule has 8 heteroatoms. The Labute approximate surface area is 192 Å². The van der Waals surface area contributed by atoms with E-state index in [2.05, 4.69) is 4.90 Å². The molecule has 1 amide bonds. The van der Waals surface area contributed by atoms with Crippen molar-refractivity contribution >= 4 is 27.1 Å². The van der Waals surface area contributed by atoms with Crippen LogP contribution in [0.25, 0.3) is 10.4 Å². The van der Waals surface area contributed by atoms with Crippen LogP contribution in [0.4, 0.5) is 4.39 Å². The zero-order valence-corrected chi connectivity index (χ0v) is 19.5. The van der Waals surface area contributed by atoms with Crippen LogP contribution in [0.1, 0.15) is 20.8 Å². The molecule has 0 bridgehead atoms. The van der Waals surface area contributed by atoms with Crippen molar-refractivity contribution in [3.63, 3.8) is 0 Å². The lowest BCUT2D eigenvalue weighted by atomic mass is 10.1. The van der Waals surface area contributed by atoms with Gasteiger partial charge in [0.25, 0.3) is 5.91 Å². The third kappa shape index (κ3) is 5.62. The van der Waals surface area contributed by atoms with Crippen molar-refractivity contribution in [3.8, 4) is 10.4 Å². The highest BCUT2D eigenvalue weighted by Gasteiger charge is 2.22. The number of halogens is 1. The average Bonchev–Trinajstić information content (AvgIpc) is 3.22. The monoisotopic (exact) mass is 472 g/mol. The number of benzene rings is 2. The molecule has 0 radical (unpaired) electrons. The summed E-state index contributed by atoms with van der Waals surface area (Å²) in [5.74, 6) is -0.271. The third-order valence-corrected chi connectivity index (χ3v) is 7.43. The minimum Gasteiger partial charge on any atom is -0.336 e. The summed E-state index contributed by atoms with van der Waals surface area (Å²) in [4.78, 5) is 19.0. The van der Waals surface area contributed by atoms with Gasteiger partial charge in [-0.05, 0) is 35.9 Å². The van der Waals surface area contributed by atoms with Gasteiger partial charge >= 0.3 is 0 Å². The number of nitrogens with zero attached hydrogens (tertiary/aromatic N) is 2. The Kier molecular flexibility index (Phi) is 6.74. The second kappa shape index (κ2) is 9.52. The highest BCUT2D eigenvalue weighted by atomic mass is 32.2. The fourth-order valence-electron chi connectivity index (χ4n) is 3.83. The number of piperazine rings is 1. The van der Waals surface area contributed by atoms with Gasteiger partial charge in [-0.3, -0.25) is 9.69 Å². The second-order valence-corrected chi connectivity index (χ2v) is 11.4. The number of sulfone groups is 1. The lowest BCUT2D eigenvalue weighted by Crippen LogP contribution is -2.48. The lowest BCUT2D eigenvalue weighted by Gasteiger charge is -2.34. The number of amides is 1. The molecular weight excluding hydrogens is 447 g/mol. The number of hydrogen-bond donors (Lipinski definition) is 0. The molecule has 1 aliphatic rings. The van der Waals surface area contributed by atoms with Crippen LogP contribution >= 0.6 is 11.3 Å². The van der Waals surface area contributed by atoms with Crippen LogP contribution in [0.3, 0.4) is 0 Å². The van der Waals surface area contributed by atoms with E-state index in [0.29, 0.717) is 29.8 Å². The predicted molar refractivity (Wildman–Crippen MR) is 126 cm³/mol. The quantitative estimate of drug-likeness (QED) is 0.543. The molecular formula is C24H25FN2O3S2. The van der Waals surface area contributed by atoms with E-state index in [-0.39, 0.29) is 17.5 Å². The molecule has 0 spiro atoms. The first-order valence-corrected chi connectivity index (χ1v) is 13.3. The second-order valence-electron chi connectivity index (χ2n) is 8.08. The van der Waals surface area contributed by atoms with Crippen molar-refractivity contribution in [1.29, 1.82) is 0 Å². The standard InChI is InChI=1S/C24H25FN2O3S2/c1-32(29,30)17-18-6-8-19(9-7-18)24(28)27-14-12-26(13-15-27)16-20-10-11-23(31-20)21-4-2-3-5-22(21)25/h2-11H,12-17H2,1H3. The molecule has 0 N–H and O–H groups in total. The average molecular weight is 473 g/mol. The first-order chi connectivity index (χ1) is 15.3. The molecule has 0 unspecified atom stereocenters. The van der Waals surface area contributed by atoms with Gasteiger partial charge in [-0.15, -0.1) is 11.3 Å². The predicted octanol–water partition coefficient (Wildman–Crippen LogP) is 4.06. The topological polar surface area (TPSA) is 57.7 Å². The number of rotatable bonds is 6. The summed E-state index contributed by atoms with van der Waals surface area (Å²) in [7, 11) is -3.10. The first kappa shape index (κ1) is 22.6. The van der Waals surface area contributed by atoms with Crippen LogP contribution in [0, 0.1) is 5.82 Å². The van der Waals surface area contributed by atoms with Crippen LogP contribution < -0.4 is 0 Å². The Balaban J connectivity index is 1.32. The van der Waals surface area contributed by atoms with Crippen molar-refractivity contribution < 1.29 is 17.6 Å². The number of hydrogen-bond acceptors (Lipinski definition) is 5. The maximum absolute atomic E-state index is 14.0. The van der Waals surface area contributed by atoms with E-state index in [4.69, 9.17) is 0 Å². The van der Waals surface area contributed by atoms with Gasteiger partial charge in [0.2, 0.25) is 0 Å². The molecule has 32 heavy (non-hydrogen) atoms. The summed E-state index contributed by atoms with van der Waals surface area (Å²) < 4.78 is 36.9. The summed E-state index contributed by atoms with van der Waals surface area (Å²) in [5.41, 5.74) is 1.88. The van der Waals surface area contributed by atoms with Gasteiger partial charge in [0.05, 0.1) is 5.75 Å². The van der Waals surface area contributed by atoms with Gasteiger partial charge < -0.3 is 4.90 Å². The zero-order chi connectivity index (χ0) is 22.7. The minimum atomic E-state index is -3.10. The van der Waals surface area contributed by atoms with Crippen LogP contribution in [0.15, 0.2) is 60.7 Å². The van der Waals surface area contributed by atoms with Gasteiger partial charge in [-0.25, -0.2) is 12.8 Å². The first-order valence-electron chi connectivity index (χ1n) is 10.4. The molecule has 0 atom stereocenters. The Morgan fingerprint density at radius 3 is 2.31 bits per heavy atom. The molecule has 0 saturated carbocycles. The maximum Gasteiger partial charge on any atom is 0.253 e. The molecule has 4 rings (SSSR count). The number of thiophene rings is 1. The van der Waals surface area contributed by atoms with E-state index in [0.717, 1.165) is 24.5 Å². The van der Waals surface area contributed by atoms with E-state index in [1.165, 1.54) is 17.2 Å². The van der Waals surface area contributed by atoms with E-state index >= 15 is 0 Å². The molecule has 3 aromatic rings. The van der Waals surface area contributed by atoms with Crippen LogP contribution in [0.2, 0.25) is 0 Å². The Hall–Kier alpha value is -2.55. The Bertz CT molecular complexity index is 1200. The maximum atomic E-state index is 14.0. The third-order valence-electron chi connectivity index (χ3n) is 5.47. The van der Waals surface area contributed by atoms with E-state index in [1.54, 1.807) is 47.7 Å². The van der Waals surface area contributed by atoms with Gasteiger partial charge in [-0.2, -0.15) is 0 Å². The van der Waals surface area contributed by atoms with Crippen molar-refractivity contribution in [2.75, 3.05) is 32.4 Å². The number of carbonyl (C=O) groups excluding carboxylic acids is 1. The smallest absolute Gasteiger partial charge is 0.253 e. The van der Waals surface area contributed by atoms with Gasteiger partial charge in [0.1, 0.15) is 5.82 Å². The summed E-state index contributed by atoms with van der Waals surface area (Å²) >= 11 is 1.60. The minimum absolute atomic E-state index is 0.0263. The van der Waals surface area contributed by atoms with Crippen LogP contribution in [-0.2, 0) is 22.1 Å².